The van der Waals surface area contributed by atoms with Crippen LogP contribution in [0.1, 0.15) is 13.3 Å². The Morgan fingerprint density at radius 2 is 2.04 bits per heavy atom. The average molecular weight is 309 g/mol. The molecule has 23 heavy (non-hydrogen) atoms. The molecule has 0 aliphatic heterocycles. The predicted molar refractivity (Wildman–Crippen MR) is 90.6 cm³/mol. The summed E-state index contributed by atoms with van der Waals surface area (Å²) in [5.41, 5.74) is 2.67. The summed E-state index contributed by atoms with van der Waals surface area (Å²) in [6.45, 7) is 3.05. The molecule has 5 nitrogen and oxygen atoms in total. The zero-order valence-corrected chi connectivity index (χ0v) is 13.0. The number of hydrogen-bond donors (Lipinski definition) is 1. The molecular formula is C18H19N3O2. The molecule has 0 spiro atoms. The number of imidazole rings is 1. The van der Waals surface area contributed by atoms with Gasteiger partial charge in [0.05, 0.1) is 17.4 Å². The van der Waals surface area contributed by atoms with Gasteiger partial charge < -0.3 is 14.6 Å². The highest BCUT2D eigenvalue weighted by Crippen LogP contribution is 2.18. The van der Waals surface area contributed by atoms with Crippen molar-refractivity contribution in [2.75, 3.05) is 11.9 Å². The van der Waals surface area contributed by atoms with Crippen LogP contribution in [-0.4, -0.2) is 22.1 Å². The minimum absolute atomic E-state index is 0.0215. The maximum Gasteiger partial charge on any atom is 0.262 e. The number of amides is 1. The van der Waals surface area contributed by atoms with E-state index in [2.05, 4.69) is 21.8 Å². The quantitative estimate of drug-likeness (QED) is 0.758. The molecule has 0 atom stereocenters. The molecule has 0 bridgehead atoms. The Morgan fingerprint density at radius 3 is 2.83 bits per heavy atom. The van der Waals surface area contributed by atoms with Gasteiger partial charge in [0.2, 0.25) is 0 Å². The molecule has 1 amide bonds. The van der Waals surface area contributed by atoms with Gasteiger partial charge in [-0.2, -0.15) is 0 Å². The van der Waals surface area contributed by atoms with Gasteiger partial charge in [0, 0.05) is 12.2 Å². The molecule has 0 aliphatic carbocycles. The van der Waals surface area contributed by atoms with Crippen LogP contribution in [0, 0.1) is 0 Å². The smallest absolute Gasteiger partial charge is 0.262 e. The zero-order chi connectivity index (χ0) is 16.1. The number of fused-ring (bicyclic) bond motifs is 1. The van der Waals surface area contributed by atoms with Gasteiger partial charge in [0.25, 0.3) is 5.91 Å². The van der Waals surface area contributed by atoms with Gasteiger partial charge in [-0.15, -0.1) is 0 Å². The number of rotatable bonds is 6. The van der Waals surface area contributed by atoms with Crippen LogP contribution in [0.3, 0.4) is 0 Å². The summed E-state index contributed by atoms with van der Waals surface area (Å²) in [6.07, 6.45) is 2.89. The molecule has 118 valence electrons. The normalized spacial score (nSPS) is 10.7. The molecule has 1 heterocycles. The summed E-state index contributed by atoms with van der Waals surface area (Å²) in [6, 6.07) is 15.0. The highest BCUT2D eigenvalue weighted by Gasteiger charge is 2.07. The fourth-order valence-electron chi connectivity index (χ4n) is 2.42. The Hall–Kier alpha value is -2.82. The highest BCUT2D eigenvalue weighted by atomic mass is 16.5. The molecule has 3 aromatic rings. The fraction of sp³-hybridized carbons (Fsp3) is 0.222. The predicted octanol–water partition coefficient (Wildman–Crippen LogP) is 3.46. The fourth-order valence-corrected chi connectivity index (χ4v) is 2.42. The van der Waals surface area contributed by atoms with Crippen molar-refractivity contribution < 1.29 is 9.53 Å². The molecule has 1 N–H and O–H groups in total. The molecule has 0 saturated heterocycles. The van der Waals surface area contributed by atoms with E-state index in [9.17, 15) is 4.79 Å². The second-order valence-electron chi connectivity index (χ2n) is 5.29. The van der Waals surface area contributed by atoms with E-state index in [4.69, 9.17) is 4.74 Å². The van der Waals surface area contributed by atoms with Crippen LogP contribution in [0.15, 0.2) is 54.9 Å². The molecule has 2 aromatic carbocycles. The topological polar surface area (TPSA) is 56.2 Å². The molecule has 0 unspecified atom stereocenters. The van der Waals surface area contributed by atoms with Crippen molar-refractivity contribution >= 4 is 22.6 Å². The summed E-state index contributed by atoms with van der Waals surface area (Å²) < 4.78 is 7.54. The molecule has 0 fully saturated rings. The summed E-state index contributed by atoms with van der Waals surface area (Å²) in [5, 5.41) is 2.83. The van der Waals surface area contributed by atoms with Crippen molar-refractivity contribution in [3.05, 3.63) is 54.9 Å². The van der Waals surface area contributed by atoms with Crippen LogP contribution in [0.25, 0.3) is 11.0 Å². The summed E-state index contributed by atoms with van der Waals surface area (Å²) >= 11 is 0. The van der Waals surface area contributed by atoms with Crippen LogP contribution >= 0.6 is 0 Å². The van der Waals surface area contributed by atoms with Crippen molar-refractivity contribution in [3.8, 4) is 5.75 Å². The number of anilines is 1. The first-order valence-corrected chi connectivity index (χ1v) is 7.69. The van der Waals surface area contributed by atoms with Crippen molar-refractivity contribution in [2.24, 2.45) is 0 Å². The summed E-state index contributed by atoms with van der Waals surface area (Å²) in [5.74, 6) is 0.484. The second kappa shape index (κ2) is 6.96. The SMILES string of the molecule is CCCn1cnc2cc(NC(=O)COc3ccccc3)ccc21. The Morgan fingerprint density at radius 1 is 1.22 bits per heavy atom. The Balaban J connectivity index is 1.63. The van der Waals surface area contributed by atoms with Gasteiger partial charge in [-0.05, 0) is 36.8 Å². The van der Waals surface area contributed by atoms with Gasteiger partial charge in [0.1, 0.15) is 5.75 Å². The maximum absolute atomic E-state index is 12.0. The molecule has 5 heteroatoms. The lowest BCUT2D eigenvalue weighted by Crippen LogP contribution is -2.20. The number of ether oxygens (including phenoxy) is 1. The van der Waals surface area contributed by atoms with E-state index in [0.29, 0.717) is 5.75 Å². The Kier molecular flexibility index (Phi) is 4.57. The van der Waals surface area contributed by atoms with Crippen molar-refractivity contribution in [3.63, 3.8) is 0 Å². The molecule has 3 rings (SSSR count). The molecule has 1 aromatic heterocycles. The van der Waals surface area contributed by atoms with Gasteiger partial charge >= 0.3 is 0 Å². The number of hydrogen-bond acceptors (Lipinski definition) is 3. The number of benzene rings is 2. The lowest BCUT2D eigenvalue weighted by molar-refractivity contribution is -0.118. The summed E-state index contributed by atoms with van der Waals surface area (Å²) in [7, 11) is 0. The molecule has 0 saturated carbocycles. The lowest BCUT2D eigenvalue weighted by Gasteiger charge is -2.08. The van der Waals surface area contributed by atoms with Crippen LogP contribution < -0.4 is 10.1 Å². The Labute approximate surface area is 134 Å². The van der Waals surface area contributed by atoms with E-state index in [-0.39, 0.29) is 12.5 Å². The van der Waals surface area contributed by atoms with E-state index in [0.717, 1.165) is 29.7 Å². The van der Waals surface area contributed by atoms with E-state index < -0.39 is 0 Å². The van der Waals surface area contributed by atoms with Crippen LogP contribution in [0.2, 0.25) is 0 Å². The van der Waals surface area contributed by atoms with Gasteiger partial charge in [-0.25, -0.2) is 4.98 Å². The number of carbonyl (C=O) groups excluding carboxylic acids is 1. The standard InChI is InChI=1S/C18H19N3O2/c1-2-10-21-13-19-16-11-14(8-9-17(16)21)20-18(22)12-23-15-6-4-3-5-7-15/h3-9,11,13H,2,10,12H2,1H3,(H,20,22). The first-order chi connectivity index (χ1) is 11.3. The maximum atomic E-state index is 12.0. The monoisotopic (exact) mass is 309 g/mol. The van der Waals surface area contributed by atoms with Gasteiger partial charge in [-0.3, -0.25) is 4.79 Å². The number of aromatic nitrogens is 2. The first-order valence-electron chi connectivity index (χ1n) is 7.69. The van der Waals surface area contributed by atoms with E-state index in [1.165, 1.54) is 0 Å². The van der Waals surface area contributed by atoms with Gasteiger partial charge in [0.15, 0.2) is 6.61 Å². The minimum atomic E-state index is -0.193. The minimum Gasteiger partial charge on any atom is -0.484 e. The average Bonchev–Trinajstić information content (AvgIpc) is 2.97. The third-order valence-corrected chi connectivity index (χ3v) is 3.48. The summed E-state index contributed by atoms with van der Waals surface area (Å²) in [4.78, 5) is 16.3. The number of carbonyl (C=O) groups is 1. The third-order valence-electron chi connectivity index (χ3n) is 3.48. The first kappa shape index (κ1) is 15.1. The van der Waals surface area contributed by atoms with Crippen molar-refractivity contribution in [1.82, 2.24) is 9.55 Å². The van der Waals surface area contributed by atoms with Crippen LogP contribution in [0.4, 0.5) is 5.69 Å². The van der Waals surface area contributed by atoms with E-state index in [1.807, 2.05) is 54.9 Å². The van der Waals surface area contributed by atoms with E-state index in [1.54, 1.807) is 0 Å². The van der Waals surface area contributed by atoms with Crippen molar-refractivity contribution in [2.45, 2.75) is 19.9 Å². The van der Waals surface area contributed by atoms with Crippen LogP contribution in [0.5, 0.6) is 5.75 Å². The number of nitrogens with one attached hydrogen (secondary N) is 1. The largest absolute Gasteiger partial charge is 0.484 e. The number of nitrogens with zero attached hydrogens (tertiary/aromatic N) is 2. The number of aryl methyl sites for hydroxylation is 1. The molecule has 0 aliphatic rings. The molecular weight excluding hydrogens is 290 g/mol. The Bertz CT molecular complexity index is 796. The van der Waals surface area contributed by atoms with E-state index >= 15 is 0 Å². The third kappa shape index (κ3) is 3.69. The van der Waals surface area contributed by atoms with Gasteiger partial charge in [-0.1, -0.05) is 25.1 Å². The highest BCUT2D eigenvalue weighted by molar-refractivity contribution is 5.94. The zero-order valence-electron chi connectivity index (χ0n) is 13.0. The second-order valence-corrected chi connectivity index (χ2v) is 5.29. The number of para-hydroxylation sites is 1. The van der Waals surface area contributed by atoms with Crippen molar-refractivity contribution in [1.29, 1.82) is 0 Å². The lowest BCUT2D eigenvalue weighted by atomic mass is 10.2. The van der Waals surface area contributed by atoms with Crippen LogP contribution in [-0.2, 0) is 11.3 Å². The molecule has 0 radical (unpaired) electrons.